The molecule has 0 unspecified atom stereocenters. The second-order valence-electron chi connectivity index (χ2n) is 6.00. The summed E-state index contributed by atoms with van der Waals surface area (Å²) in [5.74, 6) is -2.67. The summed E-state index contributed by atoms with van der Waals surface area (Å²) in [6, 6.07) is 3.36. The summed E-state index contributed by atoms with van der Waals surface area (Å²) >= 11 is 11.7. The Morgan fingerprint density at radius 2 is 1.18 bits per heavy atom. The van der Waals surface area contributed by atoms with Crippen molar-refractivity contribution in [2.75, 3.05) is 23.8 Å². The number of nitrogens with one attached hydrogen (secondary N) is 2. The van der Waals surface area contributed by atoms with Crippen LogP contribution >= 0.6 is 23.2 Å². The number of carbonyl (C=O) groups excluding carboxylic acids is 3. The maximum Gasteiger partial charge on any atom is 0.519 e. The zero-order valence-corrected chi connectivity index (χ0v) is 18.7. The Morgan fingerprint density at radius 1 is 0.794 bits per heavy atom. The quantitative estimate of drug-likeness (QED) is 0.240. The lowest BCUT2D eigenvalue weighted by Crippen LogP contribution is -2.17. The Morgan fingerprint density at radius 3 is 1.53 bits per heavy atom. The van der Waals surface area contributed by atoms with Crippen LogP contribution in [0.15, 0.2) is 49.6 Å². The number of anilines is 2. The molecular weight excluding hydrogens is 501 g/mol. The number of rotatable bonds is 8. The molecule has 0 heterocycles. The molecule has 2 aromatic carbocycles. The van der Waals surface area contributed by atoms with Crippen molar-refractivity contribution in [1.82, 2.24) is 0 Å². The highest BCUT2D eigenvalue weighted by molar-refractivity contribution is 6.32. The normalized spacial score (nSPS) is 10.0. The van der Waals surface area contributed by atoms with Crippen LogP contribution < -0.4 is 20.1 Å². The van der Waals surface area contributed by atoms with Crippen LogP contribution in [0, 0.1) is 11.6 Å². The van der Waals surface area contributed by atoms with E-state index in [2.05, 4.69) is 33.3 Å². The van der Waals surface area contributed by atoms with Gasteiger partial charge in [-0.2, -0.15) is 0 Å². The SMILES string of the molecule is C=CCOC(=O)Nc1cc(OC(=O)Oc2cc(NC(=O)OCC=C)c(F)cc2Cl)c(Cl)cc1F. The molecule has 0 aliphatic rings. The molecule has 34 heavy (non-hydrogen) atoms. The van der Waals surface area contributed by atoms with Gasteiger partial charge in [0, 0.05) is 12.1 Å². The number of carbonyl (C=O) groups is 3. The molecule has 0 fully saturated rings. The summed E-state index contributed by atoms with van der Waals surface area (Å²) in [7, 11) is 0. The zero-order valence-electron chi connectivity index (χ0n) is 17.2. The molecule has 0 saturated heterocycles. The molecule has 13 heteroatoms. The minimum Gasteiger partial charge on any atom is -0.445 e. The van der Waals surface area contributed by atoms with Crippen molar-refractivity contribution in [3.8, 4) is 11.5 Å². The highest BCUT2D eigenvalue weighted by atomic mass is 35.5. The minimum atomic E-state index is -1.40. The molecule has 0 radical (unpaired) electrons. The van der Waals surface area contributed by atoms with E-state index >= 15 is 0 Å². The molecule has 0 spiro atoms. The summed E-state index contributed by atoms with van der Waals surface area (Å²) < 4.78 is 47.3. The fourth-order valence-electron chi connectivity index (χ4n) is 2.17. The standard InChI is InChI=1S/C21H16Cl2F2N2O7/c1-3-5-31-19(28)26-15-9-17(11(22)7-13(15)24)33-21(30)34-18-10-16(14(25)8-12(18)23)27-20(29)32-6-4-2/h3-4,7-10H,1-2,5-6H2,(H,26,28)(H,27,29). The van der Waals surface area contributed by atoms with Crippen molar-refractivity contribution in [3.63, 3.8) is 0 Å². The van der Waals surface area contributed by atoms with Gasteiger partial charge in [-0.05, 0) is 12.1 Å². The van der Waals surface area contributed by atoms with Crippen molar-refractivity contribution in [1.29, 1.82) is 0 Å². The monoisotopic (exact) mass is 516 g/mol. The third-order valence-electron chi connectivity index (χ3n) is 3.57. The van der Waals surface area contributed by atoms with Crippen molar-refractivity contribution < 1.29 is 42.1 Å². The minimum absolute atomic E-state index is 0.127. The van der Waals surface area contributed by atoms with E-state index in [1.807, 2.05) is 0 Å². The third-order valence-corrected chi connectivity index (χ3v) is 4.16. The molecule has 0 aliphatic carbocycles. The smallest absolute Gasteiger partial charge is 0.445 e. The number of hydrogen-bond acceptors (Lipinski definition) is 7. The lowest BCUT2D eigenvalue weighted by Gasteiger charge is -2.12. The van der Waals surface area contributed by atoms with Crippen LogP contribution in [0.2, 0.25) is 10.0 Å². The van der Waals surface area contributed by atoms with Gasteiger partial charge in [-0.15, -0.1) is 0 Å². The summed E-state index contributed by atoms with van der Waals surface area (Å²) in [5, 5.41) is 3.52. The molecule has 180 valence electrons. The van der Waals surface area contributed by atoms with Crippen LogP contribution in [0.5, 0.6) is 11.5 Å². The molecule has 0 aliphatic heterocycles. The van der Waals surface area contributed by atoms with Crippen molar-refractivity contribution in [2.24, 2.45) is 0 Å². The van der Waals surface area contributed by atoms with Gasteiger partial charge in [0.05, 0.1) is 21.4 Å². The molecular formula is C21H16Cl2F2N2O7. The van der Waals surface area contributed by atoms with E-state index in [4.69, 9.17) is 32.7 Å². The molecule has 0 bridgehead atoms. The fourth-order valence-corrected chi connectivity index (χ4v) is 2.55. The Kier molecular flexibility index (Phi) is 9.65. The van der Waals surface area contributed by atoms with E-state index in [1.165, 1.54) is 12.2 Å². The van der Waals surface area contributed by atoms with Gasteiger partial charge in [0.15, 0.2) is 11.5 Å². The summed E-state index contributed by atoms with van der Waals surface area (Å²) in [4.78, 5) is 35.4. The molecule has 2 rings (SSSR count). The third kappa shape index (κ3) is 7.64. The molecule has 2 amide bonds. The van der Waals surface area contributed by atoms with Crippen LogP contribution in [0.25, 0.3) is 0 Å². The predicted octanol–water partition coefficient (Wildman–Crippen LogP) is 6.32. The van der Waals surface area contributed by atoms with Gasteiger partial charge >= 0.3 is 18.3 Å². The summed E-state index contributed by atoms with van der Waals surface area (Å²) in [5.41, 5.74) is -0.823. The second-order valence-corrected chi connectivity index (χ2v) is 6.82. The second kappa shape index (κ2) is 12.4. The van der Waals surface area contributed by atoms with Crippen LogP contribution in [-0.4, -0.2) is 31.6 Å². The number of ether oxygens (including phenoxy) is 4. The number of halogens is 4. The van der Waals surface area contributed by atoms with Gasteiger partial charge in [0.2, 0.25) is 0 Å². The van der Waals surface area contributed by atoms with Gasteiger partial charge in [0.25, 0.3) is 0 Å². The zero-order chi connectivity index (χ0) is 25.3. The maximum absolute atomic E-state index is 14.1. The Balaban J connectivity index is 2.16. The summed E-state index contributed by atoms with van der Waals surface area (Å²) in [6.07, 6.45) is -0.802. The van der Waals surface area contributed by atoms with Crippen molar-refractivity contribution >= 4 is 52.9 Å². The molecule has 0 aromatic heterocycles. The first-order valence-electron chi connectivity index (χ1n) is 9.11. The Hall–Kier alpha value is -3.83. The number of hydrogen-bond donors (Lipinski definition) is 2. The average Bonchev–Trinajstić information content (AvgIpc) is 2.77. The largest absolute Gasteiger partial charge is 0.519 e. The van der Waals surface area contributed by atoms with Crippen molar-refractivity contribution in [3.05, 3.63) is 71.3 Å². The highest BCUT2D eigenvalue weighted by Gasteiger charge is 2.19. The fraction of sp³-hybridized carbons (Fsp3) is 0.0952. The van der Waals surface area contributed by atoms with Crippen molar-refractivity contribution in [2.45, 2.75) is 0 Å². The molecule has 0 atom stereocenters. The van der Waals surface area contributed by atoms with E-state index in [-0.39, 0.29) is 23.3 Å². The Bertz CT molecular complexity index is 1040. The van der Waals surface area contributed by atoms with Gasteiger partial charge in [-0.25, -0.2) is 23.2 Å². The van der Waals surface area contributed by atoms with Gasteiger partial charge in [-0.1, -0.05) is 48.5 Å². The van der Waals surface area contributed by atoms with Crippen LogP contribution in [0.1, 0.15) is 0 Å². The molecule has 0 saturated carbocycles. The first kappa shape index (κ1) is 26.4. The Labute approximate surface area is 201 Å². The molecule has 2 aromatic rings. The maximum atomic E-state index is 14.1. The lowest BCUT2D eigenvalue weighted by molar-refractivity contribution is 0.152. The van der Waals surface area contributed by atoms with Gasteiger partial charge < -0.3 is 18.9 Å². The number of amides is 2. The predicted molar refractivity (Wildman–Crippen MR) is 120 cm³/mol. The van der Waals surface area contributed by atoms with Gasteiger partial charge in [0.1, 0.15) is 24.8 Å². The molecule has 2 N–H and O–H groups in total. The van der Waals surface area contributed by atoms with Crippen LogP contribution in [-0.2, 0) is 9.47 Å². The van der Waals surface area contributed by atoms with E-state index in [1.54, 1.807) is 0 Å². The van der Waals surface area contributed by atoms with E-state index in [0.717, 1.165) is 24.3 Å². The molecule has 9 nitrogen and oxygen atoms in total. The van der Waals surface area contributed by atoms with Crippen LogP contribution in [0.3, 0.4) is 0 Å². The van der Waals surface area contributed by atoms with Gasteiger partial charge in [-0.3, -0.25) is 10.6 Å². The average molecular weight is 517 g/mol. The van der Waals surface area contributed by atoms with Crippen LogP contribution in [0.4, 0.5) is 34.5 Å². The first-order valence-corrected chi connectivity index (χ1v) is 9.87. The summed E-state index contributed by atoms with van der Waals surface area (Å²) in [6.45, 7) is 6.47. The highest BCUT2D eigenvalue weighted by Crippen LogP contribution is 2.33. The number of benzene rings is 2. The lowest BCUT2D eigenvalue weighted by atomic mass is 10.3. The first-order chi connectivity index (χ1) is 16.1. The topological polar surface area (TPSA) is 112 Å². The van der Waals surface area contributed by atoms with E-state index in [0.29, 0.717) is 0 Å². The van der Waals surface area contributed by atoms with E-state index < -0.39 is 52.9 Å². The van der Waals surface area contributed by atoms with E-state index in [9.17, 15) is 23.2 Å².